The molecule has 5 heteroatoms. The van der Waals surface area contributed by atoms with Gasteiger partial charge >= 0.3 is 0 Å². The van der Waals surface area contributed by atoms with Crippen LogP contribution >= 0.6 is 0 Å². The van der Waals surface area contributed by atoms with Crippen molar-refractivity contribution >= 4 is 23.2 Å². The molecule has 128 valence electrons. The molecule has 25 heavy (non-hydrogen) atoms. The van der Waals surface area contributed by atoms with Gasteiger partial charge in [-0.25, -0.2) is 0 Å². The van der Waals surface area contributed by atoms with Crippen LogP contribution in [0, 0.1) is 12.8 Å². The molecular weight excluding hydrogens is 316 g/mol. The molecule has 2 aromatic carbocycles. The van der Waals surface area contributed by atoms with E-state index < -0.39 is 0 Å². The van der Waals surface area contributed by atoms with Crippen molar-refractivity contribution in [2.45, 2.75) is 13.3 Å². The number of carbonyl (C=O) groups is 2. The molecule has 1 fully saturated rings. The van der Waals surface area contributed by atoms with Crippen LogP contribution in [-0.2, 0) is 9.59 Å². The van der Waals surface area contributed by atoms with Gasteiger partial charge in [-0.1, -0.05) is 29.8 Å². The normalized spacial score (nSPS) is 19.6. The summed E-state index contributed by atoms with van der Waals surface area (Å²) in [4.78, 5) is 28.9. The van der Waals surface area contributed by atoms with Gasteiger partial charge < -0.3 is 14.5 Å². The first-order valence-electron chi connectivity index (χ1n) is 8.54. The van der Waals surface area contributed by atoms with Gasteiger partial charge in [0.15, 0.2) is 0 Å². The van der Waals surface area contributed by atoms with E-state index in [9.17, 15) is 9.59 Å². The van der Waals surface area contributed by atoms with Crippen LogP contribution in [0.2, 0.25) is 0 Å². The van der Waals surface area contributed by atoms with Crippen LogP contribution in [0.3, 0.4) is 0 Å². The number of amides is 2. The Kier molecular flexibility index (Phi) is 3.92. The topological polar surface area (TPSA) is 49.9 Å². The predicted molar refractivity (Wildman–Crippen MR) is 95.9 cm³/mol. The summed E-state index contributed by atoms with van der Waals surface area (Å²) < 4.78 is 5.62. The zero-order valence-corrected chi connectivity index (χ0v) is 14.1. The third-order valence-electron chi connectivity index (χ3n) is 4.81. The smallest absolute Gasteiger partial charge is 0.232 e. The maximum Gasteiger partial charge on any atom is 0.232 e. The molecule has 2 amide bonds. The minimum absolute atomic E-state index is 0.00119. The second-order valence-electron chi connectivity index (χ2n) is 6.55. The fourth-order valence-electron chi connectivity index (χ4n) is 3.47. The Bertz CT molecular complexity index is 816. The lowest BCUT2D eigenvalue weighted by Gasteiger charge is -2.31. The minimum Gasteiger partial charge on any atom is -0.490 e. The molecule has 0 bridgehead atoms. The number of hydrogen-bond acceptors (Lipinski definition) is 3. The second-order valence-corrected chi connectivity index (χ2v) is 6.55. The standard InChI is InChI=1S/C20H20N2O3/c1-14-6-8-16(9-7-14)22-13-15(12-19(22)23)20(24)21-10-11-25-18-5-3-2-4-17(18)21/h2-9,15H,10-13H2,1H3. The highest BCUT2D eigenvalue weighted by molar-refractivity contribution is 6.05. The van der Waals surface area contributed by atoms with E-state index in [1.807, 2.05) is 55.5 Å². The van der Waals surface area contributed by atoms with E-state index in [1.165, 1.54) is 0 Å². The van der Waals surface area contributed by atoms with E-state index in [0.29, 0.717) is 19.7 Å². The Balaban J connectivity index is 1.54. The van der Waals surface area contributed by atoms with Crippen molar-refractivity contribution in [3.05, 3.63) is 54.1 Å². The number of anilines is 2. The average Bonchev–Trinajstić information content (AvgIpc) is 3.03. The van der Waals surface area contributed by atoms with E-state index in [2.05, 4.69) is 0 Å². The van der Waals surface area contributed by atoms with Gasteiger partial charge in [0.05, 0.1) is 18.2 Å². The van der Waals surface area contributed by atoms with Crippen LogP contribution < -0.4 is 14.5 Å². The van der Waals surface area contributed by atoms with Crippen LogP contribution in [0.1, 0.15) is 12.0 Å². The zero-order valence-electron chi connectivity index (χ0n) is 14.1. The summed E-state index contributed by atoms with van der Waals surface area (Å²) in [6.45, 7) is 3.44. The van der Waals surface area contributed by atoms with E-state index in [1.54, 1.807) is 9.80 Å². The van der Waals surface area contributed by atoms with Crippen molar-refractivity contribution in [2.75, 3.05) is 29.5 Å². The molecule has 0 N–H and O–H groups in total. The molecule has 5 nitrogen and oxygen atoms in total. The summed E-state index contributed by atoms with van der Waals surface area (Å²) in [5, 5.41) is 0. The maximum atomic E-state index is 13.0. The maximum absolute atomic E-state index is 13.0. The highest BCUT2D eigenvalue weighted by Crippen LogP contribution is 2.34. The van der Waals surface area contributed by atoms with Crippen molar-refractivity contribution in [2.24, 2.45) is 5.92 Å². The van der Waals surface area contributed by atoms with Gasteiger partial charge in [0.1, 0.15) is 12.4 Å². The van der Waals surface area contributed by atoms with Gasteiger partial charge in [-0.15, -0.1) is 0 Å². The molecular formula is C20H20N2O3. The number of para-hydroxylation sites is 2. The Morgan fingerprint density at radius 2 is 1.88 bits per heavy atom. The fraction of sp³-hybridized carbons (Fsp3) is 0.300. The third-order valence-corrected chi connectivity index (χ3v) is 4.81. The van der Waals surface area contributed by atoms with Crippen molar-refractivity contribution < 1.29 is 14.3 Å². The highest BCUT2D eigenvalue weighted by atomic mass is 16.5. The van der Waals surface area contributed by atoms with Crippen molar-refractivity contribution in [1.29, 1.82) is 0 Å². The molecule has 2 aliphatic heterocycles. The fourth-order valence-corrected chi connectivity index (χ4v) is 3.47. The zero-order chi connectivity index (χ0) is 17.4. The van der Waals surface area contributed by atoms with Crippen LogP contribution in [0.4, 0.5) is 11.4 Å². The Hall–Kier alpha value is -2.82. The van der Waals surface area contributed by atoms with E-state index >= 15 is 0 Å². The van der Waals surface area contributed by atoms with Crippen LogP contribution in [0.5, 0.6) is 5.75 Å². The molecule has 2 aromatic rings. The molecule has 0 saturated carbocycles. The highest BCUT2D eigenvalue weighted by Gasteiger charge is 2.38. The third kappa shape index (κ3) is 2.86. The summed E-state index contributed by atoms with van der Waals surface area (Å²) in [5.41, 5.74) is 2.79. The summed E-state index contributed by atoms with van der Waals surface area (Å²) >= 11 is 0. The van der Waals surface area contributed by atoms with Gasteiger partial charge in [0.2, 0.25) is 11.8 Å². The van der Waals surface area contributed by atoms with E-state index in [-0.39, 0.29) is 24.2 Å². The molecule has 4 rings (SSSR count). The van der Waals surface area contributed by atoms with E-state index in [0.717, 1.165) is 22.7 Å². The largest absolute Gasteiger partial charge is 0.490 e. The molecule has 0 aromatic heterocycles. The second kappa shape index (κ2) is 6.24. The number of rotatable bonds is 2. The van der Waals surface area contributed by atoms with Crippen LogP contribution in [0.15, 0.2) is 48.5 Å². The molecule has 0 aliphatic carbocycles. The SMILES string of the molecule is Cc1ccc(N2CC(C(=O)N3CCOc4ccccc43)CC2=O)cc1. The minimum atomic E-state index is -0.319. The van der Waals surface area contributed by atoms with Crippen molar-refractivity contribution in [3.63, 3.8) is 0 Å². The molecule has 0 radical (unpaired) electrons. The molecule has 2 aliphatic rings. The van der Waals surface area contributed by atoms with Crippen LogP contribution in [-0.4, -0.2) is 31.5 Å². The lowest BCUT2D eigenvalue weighted by molar-refractivity contribution is -0.124. The summed E-state index contributed by atoms with van der Waals surface area (Å²) in [6.07, 6.45) is 0.256. The summed E-state index contributed by atoms with van der Waals surface area (Å²) in [5.74, 6) is 0.407. The Morgan fingerprint density at radius 1 is 1.12 bits per heavy atom. The van der Waals surface area contributed by atoms with Crippen molar-refractivity contribution in [1.82, 2.24) is 0 Å². The number of nitrogens with zero attached hydrogens (tertiary/aromatic N) is 2. The predicted octanol–water partition coefficient (Wildman–Crippen LogP) is 2.77. The van der Waals surface area contributed by atoms with Gasteiger partial charge in [-0.2, -0.15) is 0 Å². The van der Waals surface area contributed by atoms with Gasteiger partial charge in [0, 0.05) is 18.7 Å². The molecule has 1 saturated heterocycles. The summed E-state index contributed by atoms with van der Waals surface area (Å²) in [7, 11) is 0. The van der Waals surface area contributed by atoms with Gasteiger partial charge in [-0.3, -0.25) is 9.59 Å². The first-order valence-corrected chi connectivity index (χ1v) is 8.54. The van der Waals surface area contributed by atoms with E-state index in [4.69, 9.17) is 4.74 Å². The quantitative estimate of drug-likeness (QED) is 0.847. The number of hydrogen-bond donors (Lipinski definition) is 0. The number of fused-ring (bicyclic) bond motifs is 1. The molecule has 1 atom stereocenters. The number of ether oxygens (including phenoxy) is 1. The number of benzene rings is 2. The van der Waals surface area contributed by atoms with Gasteiger partial charge in [0.25, 0.3) is 0 Å². The monoisotopic (exact) mass is 336 g/mol. The average molecular weight is 336 g/mol. The van der Waals surface area contributed by atoms with Crippen LogP contribution in [0.25, 0.3) is 0 Å². The first-order chi connectivity index (χ1) is 12.1. The Labute approximate surface area is 146 Å². The number of carbonyl (C=O) groups excluding carboxylic acids is 2. The molecule has 0 spiro atoms. The number of aryl methyl sites for hydroxylation is 1. The molecule has 2 heterocycles. The lowest BCUT2D eigenvalue weighted by atomic mass is 10.1. The Morgan fingerprint density at radius 3 is 2.68 bits per heavy atom. The summed E-state index contributed by atoms with van der Waals surface area (Å²) in [6, 6.07) is 15.4. The van der Waals surface area contributed by atoms with Crippen molar-refractivity contribution in [3.8, 4) is 5.75 Å². The first kappa shape index (κ1) is 15.7. The molecule has 1 unspecified atom stereocenters. The lowest BCUT2D eigenvalue weighted by Crippen LogP contribution is -2.42. The van der Waals surface area contributed by atoms with Gasteiger partial charge in [-0.05, 0) is 31.2 Å².